The Hall–Kier alpha value is -1.26. The van der Waals surface area contributed by atoms with Crippen LogP contribution in [0.4, 0.5) is 0 Å². The molecule has 2 aliphatic heterocycles. The Bertz CT molecular complexity index is 894. The second-order valence-electron chi connectivity index (χ2n) is 7.25. The van der Waals surface area contributed by atoms with E-state index in [0.29, 0.717) is 17.3 Å². The summed E-state index contributed by atoms with van der Waals surface area (Å²) in [6.45, 7) is 5.37. The molecule has 0 saturated carbocycles. The van der Waals surface area contributed by atoms with Gasteiger partial charge >= 0.3 is 0 Å². The summed E-state index contributed by atoms with van der Waals surface area (Å²) >= 11 is 3.00. The molecule has 2 fully saturated rings. The molecule has 1 amide bonds. The highest BCUT2D eigenvalue weighted by Crippen LogP contribution is 2.28. The van der Waals surface area contributed by atoms with Crippen molar-refractivity contribution in [3.63, 3.8) is 0 Å². The van der Waals surface area contributed by atoms with Crippen LogP contribution in [0.1, 0.15) is 22.6 Å². The Morgan fingerprint density at radius 3 is 2.39 bits per heavy atom. The van der Waals surface area contributed by atoms with Gasteiger partial charge in [-0.3, -0.25) is 9.69 Å². The Morgan fingerprint density at radius 2 is 1.71 bits per heavy atom. The molecule has 4 heterocycles. The highest BCUT2D eigenvalue weighted by atomic mass is 32.2. The van der Waals surface area contributed by atoms with Gasteiger partial charge in [-0.2, -0.15) is 4.31 Å². The van der Waals surface area contributed by atoms with Gasteiger partial charge in [0, 0.05) is 55.6 Å². The van der Waals surface area contributed by atoms with Gasteiger partial charge in [-0.05, 0) is 36.4 Å². The number of sulfonamides is 1. The molecule has 2 aromatic heterocycles. The highest BCUT2D eigenvalue weighted by molar-refractivity contribution is 7.91. The zero-order valence-electron chi connectivity index (χ0n) is 15.7. The molecule has 152 valence electrons. The zero-order valence-corrected chi connectivity index (χ0v) is 18.2. The Morgan fingerprint density at radius 1 is 0.964 bits per heavy atom. The third-order valence-electron chi connectivity index (χ3n) is 5.31. The van der Waals surface area contributed by atoms with Crippen molar-refractivity contribution in [2.24, 2.45) is 0 Å². The van der Waals surface area contributed by atoms with E-state index in [9.17, 15) is 13.2 Å². The first kappa shape index (κ1) is 20.0. The van der Waals surface area contributed by atoms with Crippen molar-refractivity contribution in [3.8, 4) is 0 Å². The summed E-state index contributed by atoms with van der Waals surface area (Å²) in [6.07, 6.45) is 2.13. The molecule has 0 N–H and O–H groups in total. The maximum Gasteiger partial charge on any atom is 0.252 e. The van der Waals surface area contributed by atoms with E-state index >= 15 is 0 Å². The number of hydrogen-bond donors (Lipinski definition) is 0. The molecule has 28 heavy (non-hydrogen) atoms. The van der Waals surface area contributed by atoms with Gasteiger partial charge in [0.2, 0.25) is 5.91 Å². The van der Waals surface area contributed by atoms with Crippen LogP contribution < -0.4 is 0 Å². The molecule has 2 aromatic rings. The smallest absolute Gasteiger partial charge is 0.252 e. The van der Waals surface area contributed by atoms with E-state index in [-0.39, 0.29) is 12.3 Å². The van der Waals surface area contributed by atoms with Gasteiger partial charge in [0.25, 0.3) is 10.0 Å². The molecule has 0 bridgehead atoms. The van der Waals surface area contributed by atoms with Crippen LogP contribution in [0.15, 0.2) is 33.9 Å². The number of rotatable bonds is 6. The monoisotopic (exact) mass is 439 g/mol. The average molecular weight is 440 g/mol. The fraction of sp³-hybridized carbons (Fsp3) is 0.526. The van der Waals surface area contributed by atoms with Crippen LogP contribution in [0.25, 0.3) is 0 Å². The molecular weight excluding hydrogens is 414 g/mol. The maximum absolute atomic E-state index is 12.7. The summed E-state index contributed by atoms with van der Waals surface area (Å²) in [4.78, 5) is 19.1. The van der Waals surface area contributed by atoms with Crippen LogP contribution in [-0.4, -0.2) is 67.7 Å². The summed E-state index contributed by atoms with van der Waals surface area (Å²) in [5.74, 6) is 0.0859. The minimum atomic E-state index is -3.39. The second-order valence-corrected chi connectivity index (χ2v) is 11.6. The Kier molecular flexibility index (Phi) is 6.17. The minimum Gasteiger partial charge on any atom is -0.340 e. The molecule has 0 aliphatic carbocycles. The molecule has 4 rings (SSSR count). The van der Waals surface area contributed by atoms with Crippen LogP contribution in [0.5, 0.6) is 0 Å². The molecule has 0 aromatic carbocycles. The first-order chi connectivity index (χ1) is 13.5. The fourth-order valence-electron chi connectivity index (χ4n) is 3.69. The molecule has 2 saturated heterocycles. The van der Waals surface area contributed by atoms with E-state index in [1.165, 1.54) is 16.2 Å². The van der Waals surface area contributed by atoms with Gasteiger partial charge in [0.1, 0.15) is 4.21 Å². The third-order valence-corrected chi connectivity index (χ3v) is 9.62. The number of carbonyl (C=O) groups is 1. The molecular formula is C19H25N3O3S3. The predicted molar refractivity (Wildman–Crippen MR) is 112 cm³/mol. The number of carbonyl (C=O) groups excluding carboxylic acids is 1. The van der Waals surface area contributed by atoms with Crippen LogP contribution >= 0.6 is 22.7 Å². The van der Waals surface area contributed by atoms with E-state index in [2.05, 4.69) is 22.4 Å². The topological polar surface area (TPSA) is 60.9 Å². The lowest BCUT2D eigenvalue weighted by atomic mass is 10.2. The van der Waals surface area contributed by atoms with Crippen molar-refractivity contribution >= 4 is 38.6 Å². The molecule has 6 nitrogen and oxygen atoms in total. The summed E-state index contributed by atoms with van der Waals surface area (Å²) in [5.41, 5.74) is 0. The van der Waals surface area contributed by atoms with Crippen molar-refractivity contribution in [1.82, 2.24) is 14.1 Å². The first-order valence-corrected chi connectivity index (χ1v) is 12.8. The number of amides is 1. The van der Waals surface area contributed by atoms with Gasteiger partial charge in [-0.15, -0.1) is 22.7 Å². The minimum absolute atomic E-state index is 0.0859. The number of nitrogens with zero attached hydrogens (tertiary/aromatic N) is 3. The van der Waals surface area contributed by atoms with E-state index in [1.807, 2.05) is 4.90 Å². The number of piperazine rings is 1. The van der Waals surface area contributed by atoms with E-state index < -0.39 is 10.0 Å². The average Bonchev–Trinajstić information content (AvgIpc) is 3.45. The van der Waals surface area contributed by atoms with Gasteiger partial charge in [0.15, 0.2) is 0 Å². The van der Waals surface area contributed by atoms with Crippen molar-refractivity contribution < 1.29 is 13.2 Å². The van der Waals surface area contributed by atoms with E-state index in [4.69, 9.17) is 0 Å². The molecule has 0 radical (unpaired) electrons. The van der Waals surface area contributed by atoms with E-state index in [0.717, 1.165) is 50.4 Å². The summed E-state index contributed by atoms with van der Waals surface area (Å²) in [6, 6.07) is 7.66. The van der Waals surface area contributed by atoms with Gasteiger partial charge in [-0.1, -0.05) is 6.07 Å². The number of hydrogen-bond acceptors (Lipinski definition) is 6. The van der Waals surface area contributed by atoms with E-state index in [1.54, 1.807) is 27.8 Å². The largest absolute Gasteiger partial charge is 0.340 e. The van der Waals surface area contributed by atoms with Gasteiger partial charge in [-0.25, -0.2) is 8.42 Å². The van der Waals surface area contributed by atoms with Crippen molar-refractivity contribution in [3.05, 3.63) is 39.4 Å². The fourth-order valence-corrected chi connectivity index (χ4v) is 7.45. The molecule has 0 spiro atoms. The molecule has 2 aliphatic rings. The lowest BCUT2D eigenvalue weighted by molar-refractivity contribution is -0.132. The lowest BCUT2D eigenvalue weighted by Crippen LogP contribution is -2.48. The highest BCUT2D eigenvalue weighted by Gasteiger charge is 2.29. The van der Waals surface area contributed by atoms with Crippen LogP contribution in [0.2, 0.25) is 0 Å². The summed E-state index contributed by atoms with van der Waals surface area (Å²) in [7, 11) is -3.39. The quantitative estimate of drug-likeness (QED) is 0.694. The molecule has 0 atom stereocenters. The lowest BCUT2D eigenvalue weighted by Gasteiger charge is -2.34. The van der Waals surface area contributed by atoms with Crippen molar-refractivity contribution in [1.29, 1.82) is 0 Å². The SMILES string of the molecule is O=C(Cc1ccc(S(=O)(=O)N2CCCC2)s1)N1CCN(Cc2cccs2)CC1. The van der Waals surface area contributed by atoms with Crippen LogP contribution in [0, 0.1) is 0 Å². The maximum atomic E-state index is 12.7. The Labute approximate surface area is 174 Å². The standard InChI is InChI=1S/C19H25N3O3S3/c23-18(21-11-9-20(10-12-21)15-17-4-3-13-26-17)14-16-5-6-19(27-16)28(24,25)22-7-1-2-8-22/h3-6,13H,1-2,7-12,14-15H2. The molecule has 9 heteroatoms. The van der Waals surface area contributed by atoms with Crippen LogP contribution in [0.3, 0.4) is 0 Å². The van der Waals surface area contributed by atoms with Crippen molar-refractivity contribution in [2.45, 2.75) is 30.0 Å². The van der Waals surface area contributed by atoms with Gasteiger partial charge in [0.05, 0.1) is 6.42 Å². The number of thiophene rings is 2. The predicted octanol–water partition coefficient (Wildman–Crippen LogP) is 2.48. The second kappa shape index (κ2) is 8.62. The van der Waals surface area contributed by atoms with Crippen LogP contribution in [-0.2, 0) is 27.8 Å². The first-order valence-electron chi connectivity index (χ1n) is 9.64. The normalized spacial score (nSPS) is 19.4. The summed E-state index contributed by atoms with van der Waals surface area (Å²) < 4.78 is 27.2. The zero-order chi connectivity index (χ0) is 19.6. The van der Waals surface area contributed by atoms with Gasteiger partial charge < -0.3 is 4.90 Å². The third kappa shape index (κ3) is 4.49. The summed E-state index contributed by atoms with van der Waals surface area (Å²) in [5, 5.41) is 2.09. The van der Waals surface area contributed by atoms with Crippen molar-refractivity contribution in [2.75, 3.05) is 39.3 Å². The molecule has 0 unspecified atom stereocenters. The Balaban J connectivity index is 1.30.